The first kappa shape index (κ1) is 37.5. The Balaban J connectivity index is 0.930. The van der Waals surface area contributed by atoms with E-state index in [1.165, 1.54) is 6.07 Å². The highest BCUT2D eigenvalue weighted by atomic mass is 19.1. The van der Waals surface area contributed by atoms with Gasteiger partial charge < -0.3 is 20.1 Å². The molecular formula is C44H40F2N12O2. The molecule has 8 aromatic heterocycles. The van der Waals surface area contributed by atoms with E-state index in [1.807, 2.05) is 55.3 Å². The minimum absolute atomic E-state index is 0.116. The molecule has 0 spiro atoms. The highest BCUT2D eigenvalue weighted by molar-refractivity contribution is 5.91. The van der Waals surface area contributed by atoms with E-state index in [0.29, 0.717) is 60.1 Å². The SMILES string of the molecule is Cc1ccc(F)c(-c2cc(Nc3ccnc4cnn(C5COC(c6cc(C)nc(-c7cc(Nc8ccnc9cnn(C%10CCOC%10)c89)c(C)cn7)c6F)C5)c34)c(C)cn2)n1. The number of anilines is 4. The van der Waals surface area contributed by atoms with Gasteiger partial charge in [-0.15, -0.1) is 0 Å². The van der Waals surface area contributed by atoms with Crippen molar-refractivity contribution in [2.24, 2.45) is 0 Å². The topological polar surface area (TPSA) is 156 Å². The van der Waals surface area contributed by atoms with E-state index in [0.717, 1.165) is 56.8 Å². The van der Waals surface area contributed by atoms with Gasteiger partial charge in [-0.05, 0) is 87.7 Å². The number of ether oxygens (including phenoxy) is 2. The van der Waals surface area contributed by atoms with Crippen LogP contribution in [0.5, 0.6) is 0 Å². The Morgan fingerprint density at radius 2 is 1.27 bits per heavy atom. The van der Waals surface area contributed by atoms with Crippen LogP contribution in [-0.2, 0) is 9.47 Å². The van der Waals surface area contributed by atoms with Crippen LogP contribution in [0.4, 0.5) is 31.5 Å². The molecule has 60 heavy (non-hydrogen) atoms. The van der Waals surface area contributed by atoms with Crippen LogP contribution in [0.1, 0.15) is 59.1 Å². The molecule has 2 N–H and O–H groups in total. The first-order valence-corrected chi connectivity index (χ1v) is 19.8. The Bertz CT molecular complexity index is 2940. The number of fused-ring (bicyclic) bond motifs is 2. The summed E-state index contributed by atoms with van der Waals surface area (Å²) in [5, 5.41) is 16.4. The number of pyridine rings is 6. The van der Waals surface area contributed by atoms with Crippen LogP contribution in [0.25, 0.3) is 44.8 Å². The van der Waals surface area contributed by atoms with Crippen molar-refractivity contribution in [2.75, 3.05) is 30.5 Å². The van der Waals surface area contributed by atoms with Gasteiger partial charge in [0.15, 0.2) is 11.6 Å². The number of hydrogen-bond donors (Lipinski definition) is 2. The van der Waals surface area contributed by atoms with Gasteiger partial charge in [0.05, 0.1) is 66.6 Å². The molecule has 0 aromatic carbocycles. The van der Waals surface area contributed by atoms with Crippen molar-refractivity contribution in [3.05, 3.63) is 119 Å². The summed E-state index contributed by atoms with van der Waals surface area (Å²) < 4.78 is 47.5. The van der Waals surface area contributed by atoms with Gasteiger partial charge in [0.25, 0.3) is 0 Å². The summed E-state index contributed by atoms with van der Waals surface area (Å²) in [5.41, 5.74) is 10.7. The van der Waals surface area contributed by atoms with Crippen molar-refractivity contribution in [2.45, 2.75) is 58.7 Å². The van der Waals surface area contributed by atoms with Crippen molar-refractivity contribution in [1.82, 2.24) is 49.5 Å². The third kappa shape index (κ3) is 6.76. The molecule has 8 aromatic rings. The summed E-state index contributed by atoms with van der Waals surface area (Å²) in [5.74, 6) is -0.938. The zero-order valence-electron chi connectivity index (χ0n) is 33.3. The summed E-state index contributed by atoms with van der Waals surface area (Å²) in [4.78, 5) is 27.3. The molecule has 14 nitrogen and oxygen atoms in total. The highest BCUT2D eigenvalue weighted by Gasteiger charge is 2.33. The number of nitrogens with zero attached hydrogens (tertiary/aromatic N) is 10. The lowest BCUT2D eigenvalue weighted by molar-refractivity contribution is 0.104. The number of rotatable bonds is 9. The number of hydrogen-bond acceptors (Lipinski definition) is 12. The lowest BCUT2D eigenvalue weighted by Crippen LogP contribution is -2.11. The van der Waals surface area contributed by atoms with Crippen LogP contribution in [0.2, 0.25) is 0 Å². The van der Waals surface area contributed by atoms with Crippen molar-refractivity contribution >= 4 is 44.8 Å². The third-order valence-corrected chi connectivity index (χ3v) is 11.2. The number of aryl methyl sites for hydroxylation is 4. The molecule has 0 amide bonds. The van der Waals surface area contributed by atoms with E-state index in [1.54, 1.807) is 55.4 Å². The third-order valence-electron chi connectivity index (χ3n) is 11.2. The van der Waals surface area contributed by atoms with Crippen molar-refractivity contribution in [1.29, 1.82) is 0 Å². The molecule has 0 saturated carbocycles. The quantitative estimate of drug-likeness (QED) is 0.143. The summed E-state index contributed by atoms with van der Waals surface area (Å²) >= 11 is 0. The molecule has 0 radical (unpaired) electrons. The zero-order chi connectivity index (χ0) is 41.1. The number of nitrogens with one attached hydrogen (secondary N) is 2. The largest absolute Gasteiger partial charge is 0.379 e. The monoisotopic (exact) mass is 806 g/mol. The van der Waals surface area contributed by atoms with Crippen LogP contribution < -0.4 is 10.6 Å². The molecule has 2 aliphatic heterocycles. The van der Waals surface area contributed by atoms with Crippen LogP contribution in [0.15, 0.2) is 79.6 Å². The molecule has 3 unspecified atom stereocenters. The van der Waals surface area contributed by atoms with Gasteiger partial charge in [-0.3, -0.25) is 29.3 Å². The Kier molecular flexibility index (Phi) is 9.44. The minimum Gasteiger partial charge on any atom is -0.379 e. The zero-order valence-corrected chi connectivity index (χ0v) is 33.3. The van der Waals surface area contributed by atoms with Gasteiger partial charge in [0.2, 0.25) is 0 Å². The van der Waals surface area contributed by atoms with Crippen molar-refractivity contribution < 1.29 is 18.3 Å². The number of aromatic nitrogens is 10. The van der Waals surface area contributed by atoms with Gasteiger partial charge in [-0.25, -0.2) is 18.7 Å². The molecule has 16 heteroatoms. The summed E-state index contributed by atoms with van der Waals surface area (Å²) in [7, 11) is 0. The second-order valence-corrected chi connectivity index (χ2v) is 15.4. The predicted molar refractivity (Wildman–Crippen MR) is 222 cm³/mol. The molecule has 0 aliphatic carbocycles. The molecule has 10 heterocycles. The predicted octanol–water partition coefficient (Wildman–Crippen LogP) is 8.75. The van der Waals surface area contributed by atoms with Gasteiger partial charge in [0.1, 0.15) is 33.5 Å². The lowest BCUT2D eigenvalue weighted by atomic mass is 10.0. The summed E-state index contributed by atoms with van der Waals surface area (Å²) in [6.07, 6.45) is 11.1. The van der Waals surface area contributed by atoms with Gasteiger partial charge in [-0.1, -0.05) is 0 Å². The van der Waals surface area contributed by atoms with E-state index in [9.17, 15) is 4.39 Å². The highest BCUT2D eigenvalue weighted by Crippen LogP contribution is 2.41. The molecule has 2 fully saturated rings. The summed E-state index contributed by atoms with van der Waals surface area (Å²) in [6, 6.07) is 12.0. The fourth-order valence-corrected chi connectivity index (χ4v) is 8.10. The fourth-order valence-electron chi connectivity index (χ4n) is 8.10. The second kappa shape index (κ2) is 15.1. The summed E-state index contributed by atoms with van der Waals surface area (Å²) in [6.45, 7) is 9.11. The maximum absolute atomic E-state index is 16.8. The molecule has 302 valence electrons. The normalized spacial score (nSPS) is 17.9. The molecular weight excluding hydrogens is 767 g/mol. The van der Waals surface area contributed by atoms with E-state index in [2.05, 4.69) is 45.6 Å². The Hall–Kier alpha value is -6.78. The van der Waals surface area contributed by atoms with Crippen LogP contribution in [0, 0.1) is 39.3 Å². The van der Waals surface area contributed by atoms with Crippen molar-refractivity contribution in [3.63, 3.8) is 0 Å². The first-order chi connectivity index (χ1) is 29.2. The maximum Gasteiger partial charge on any atom is 0.156 e. The molecule has 2 aliphatic rings. The Morgan fingerprint density at radius 3 is 1.90 bits per heavy atom. The molecule has 0 bridgehead atoms. The average Bonchev–Trinajstić information content (AvgIpc) is 4.09. The first-order valence-electron chi connectivity index (χ1n) is 19.8. The van der Waals surface area contributed by atoms with Gasteiger partial charge in [-0.2, -0.15) is 10.2 Å². The number of halogens is 2. The second-order valence-electron chi connectivity index (χ2n) is 15.4. The molecule has 2 saturated heterocycles. The van der Waals surface area contributed by atoms with Crippen LogP contribution in [0.3, 0.4) is 0 Å². The van der Waals surface area contributed by atoms with Crippen LogP contribution >= 0.6 is 0 Å². The molecule has 10 rings (SSSR count). The van der Waals surface area contributed by atoms with Crippen molar-refractivity contribution in [3.8, 4) is 22.8 Å². The Labute approximate surface area is 343 Å². The van der Waals surface area contributed by atoms with E-state index >= 15 is 4.39 Å². The Morgan fingerprint density at radius 1 is 0.650 bits per heavy atom. The minimum atomic E-state index is -0.572. The van der Waals surface area contributed by atoms with E-state index in [4.69, 9.17) is 14.6 Å². The van der Waals surface area contributed by atoms with E-state index in [-0.39, 0.29) is 23.5 Å². The fraction of sp³-hybridized carbons (Fsp3) is 0.273. The van der Waals surface area contributed by atoms with Gasteiger partial charge in [0, 0.05) is 66.1 Å². The van der Waals surface area contributed by atoms with Gasteiger partial charge >= 0.3 is 0 Å². The smallest absolute Gasteiger partial charge is 0.156 e. The molecule has 3 atom stereocenters. The standard InChI is InChI=1S/C44H40F2N12O2/c1-23-17-49-35(41-30(45)6-5-25(3)53-41)15-33(23)56-32-8-11-48-38-20-52-58(44(32)38)28-14-39(60-22-28)29-13-26(4)54-42(40(29)46)36-16-34(24(2)18-50-36)55-31-7-10-47-37-19-51-57(43(31)37)27-9-12-59-21-27/h5-8,10-11,13,15-20,27-28,39H,9,12,14,21-22H2,1-4H3,(H,47,50,55)(H,48,49,56). The maximum atomic E-state index is 16.8. The lowest BCUT2D eigenvalue weighted by Gasteiger charge is -2.17. The van der Waals surface area contributed by atoms with Crippen LogP contribution in [-0.4, -0.2) is 69.3 Å². The van der Waals surface area contributed by atoms with E-state index < -0.39 is 17.7 Å². The average molecular weight is 807 g/mol.